The zero-order valence-corrected chi connectivity index (χ0v) is 9.63. The van der Waals surface area contributed by atoms with Crippen molar-refractivity contribution in [2.24, 2.45) is 0 Å². The predicted octanol–water partition coefficient (Wildman–Crippen LogP) is 4.59. The Morgan fingerprint density at radius 2 is 1.93 bits per heavy atom. The lowest BCUT2D eigenvalue weighted by Gasteiger charge is -1.99. The summed E-state index contributed by atoms with van der Waals surface area (Å²) in [5, 5.41) is 4.48. The van der Waals surface area contributed by atoms with Gasteiger partial charge in [0, 0.05) is 0 Å². The monoisotopic (exact) mass is 213 g/mol. The molecule has 0 N–H and O–H groups in total. The fourth-order valence-electron chi connectivity index (χ4n) is 1.53. The van der Waals surface area contributed by atoms with E-state index in [0.717, 1.165) is 18.4 Å². The number of unbranched alkanes of at least 4 members (excludes halogenated alkanes) is 5. The average molecular weight is 213 g/mol. The molecule has 1 aromatic rings. The summed E-state index contributed by atoms with van der Waals surface area (Å²) in [5.41, 5.74) is 0.852. The normalized spacial score (nSPS) is 10.7. The number of hydrogen-bond acceptors (Lipinski definition) is 1. The molecular formula is C12H18FS. The summed E-state index contributed by atoms with van der Waals surface area (Å²) in [6.45, 7) is 2.22. The molecule has 79 valence electrons. The van der Waals surface area contributed by atoms with Crippen molar-refractivity contribution in [3.05, 3.63) is 22.1 Å². The predicted molar refractivity (Wildman–Crippen MR) is 60.2 cm³/mol. The van der Waals surface area contributed by atoms with Crippen molar-refractivity contribution in [3.8, 4) is 0 Å². The second-order valence-corrected chi connectivity index (χ2v) is 4.37. The number of hydrogen-bond donors (Lipinski definition) is 0. The number of rotatable bonds is 7. The van der Waals surface area contributed by atoms with Crippen molar-refractivity contribution >= 4 is 11.3 Å². The summed E-state index contributed by atoms with van der Waals surface area (Å²) >= 11 is 1.34. The molecule has 0 bridgehead atoms. The zero-order valence-electron chi connectivity index (χ0n) is 8.81. The van der Waals surface area contributed by atoms with Crippen molar-refractivity contribution in [2.45, 2.75) is 51.9 Å². The van der Waals surface area contributed by atoms with E-state index in [1.165, 1.54) is 43.4 Å². The fourth-order valence-corrected chi connectivity index (χ4v) is 2.19. The van der Waals surface area contributed by atoms with Crippen LogP contribution in [-0.4, -0.2) is 0 Å². The van der Waals surface area contributed by atoms with Crippen molar-refractivity contribution < 1.29 is 4.39 Å². The smallest absolute Gasteiger partial charge is 0.145 e. The second-order valence-electron chi connectivity index (χ2n) is 3.69. The van der Waals surface area contributed by atoms with E-state index in [9.17, 15) is 4.39 Å². The third kappa shape index (κ3) is 4.23. The highest BCUT2D eigenvalue weighted by molar-refractivity contribution is 7.07. The molecule has 0 unspecified atom stereocenters. The lowest BCUT2D eigenvalue weighted by atomic mass is 10.1. The Morgan fingerprint density at radius 1 is 1.21 bits per heavy atom. The van der Waals surface area contributed by atoms with Gasteiger partial charge in [0.05, 0.1) is 5.38 Å². The minimum atomic E-state index is -0.136. The molecule has 1 heterocycles. The van der Waals surface area contributed by atoms with Crippen LogP contribution in [0.5, 0.6) is 0 Å². The Balaban J connectivity index is 2.02. The average Bonchev–Trinajstić information content (AvgIpc) is 2.58. The van der Waals surface area contributed by atoms with Crippen LogP contribution in [0.25, 0.3) is 0 Å². The summed E-state index contributed by atoms with van der Waals surface area (Å²) in [4.78, 5) is 0. The van der Waals surface area contributed by atoms with Gasteiger partial charge in [0.1, 0.15) is 5.82 Å². The molecule has 0 nitrogen and oxygen atoms in total. The molecule has 1 rings (SSSR count). The fraction of sp³-hybridized carbons (Fsp3) is 0.667. The van der Waals surface area contributed by atoms with E-state index in [1.807, 2.05) is 5.38 Å². The Bertz CT molecular complexity index is 242. The van der Waals surface area contributed by atoms with Crippen LogP contribution in [-0.2, 0) is 6.42 Å². The van der Waals surface area contributed by atoms with Crippen molar-refractivity contribution in [1.29, 1.82) is 0 Å². The first-order valence-electron chi connectivity index (χ1n) is 5.48. The quantitative estimate of drug-likeness (QED) is 0.581. The van der Waals surface area contributed by atoms with Crippen molar-refractivity contribution in [1.82, 2.24) is 0 Å². The number of aryl methyl sites for hydroxylation is 1. The molecule has 2 heteroatoms. The van der Waals surface area contributed by atoms with Crippen LogP contribution in [0.1, 0.15) is 51.0 Å². The molecule has 0 aliphatic carbocycles. The van der Waals surface area contributed by atoms with Gasteiger partial charge in [-0.05, 0) is 23.8 Å². The maximum atomic E-state index is 12.9. The Labute approximate surface area is 90.2 Å². The van der Waals surface area contributed by atoms with Crippen LogP contribution in [0.15, 0.2) is 5.38 Å². The summed E-state index contributed by atoms with van der Waals surface area (Å²) in [7, 11) is 0. The lowest BCUT2D eigenvalue weighted by molar-refractivity contribution is 0.583. The van der Waals surface area contributed by atoms with Crippen LogP contribution in [0.2, 0.25) is 0 Å². The van der Waals surface area contributed by atoms with E-state index in [-0.39, 0.29) is 5.82 Å². The molecule has 14 heavy (non-hydrogen) atoms. The van der Waals surface area contributed by atoms with Crippen LogP contribution in [0.3, 0.4) is 0 Å². The Kier molecular flexibility index (Phi) is 5.85. The van der Waals surface area contributed by atoms with Crippen LogP contribution in [0.4, 0.5) is 4.39 Å². The minimum Gasteiger partial charge on any atom is -0.205 e. The molecule has 0 fully saturated rings. The maximum absolute atomic E-state index is 12.9. The van der Waals surface area contributed by atoms with Gasteiger partial charge in [0.25, 0.3) is 0 Å². The molecule has 1 radical (unpaired) electrons. The molecule has 0 aliphatic rings. The summed E-state index contributed by atoms with van der Waals surface area (Å²) in [5.74, 6) is -0.136. The Morgan fingerprint density at radius 3 is 2.57 bits per heavy atom. The molecule has 1 aromatic heterocycles. The molecule has 0 amide bonds. The first-order valence-corrected chi connectivity index (χ1v) is 6.36. The minimum absolute atomic E-state index is 0.136. The SMILES string of the molecule is CCCCCCCCc1cs[c]c1F. The zero-order chi connectivity index (χ0) is 10.2. The van der Waals surface area contributed by atoms with Gasteiger partial charge in [0.2, 0.25) is 0 Å². The van der Waals surface area contributed by atoms with Gasteiger partial charge in [-0.2, -0.15) is 0 Å². The van der Waals surface area contributed by atoms with Gasteiger partial charge in [-0.15, -0.1) is 11.3 Å². The first-order chi connectivity index (χ1) is 6.84. The van der Waals surface area contributed by atoms with E-state index >= 15 is 0 Å². The second kappa shape index (κ2) is 6.99. The van der Waals surface area contributed by atoms with E-state index in [0.29, 0.717) is 0 Å². The highest BCUT2D eigenvalue weighted by Crippen LogP contribution is 2.15. The first kappa shape index (κ1) is 11.7. The van der Waals surface area contributed by atoms with E-state index in [1.54, 1.807) is 0 Å². The molecule has 0 atom stereocenters. The summed E-state index contributed by atoms with van der Waals surface area (Å²) in [6, 6.07) is 0. The lowest BCUT2D eigenvalue weighted by Crippen LogP contribution is -1.86. The van der Waals surface area contributed by atoms with Gasteiger partial charge in [-0.25, -0.2) is 4.39 Å². The largest absolute Gasteiger partial charge is 0.205 e. The Hall–Kier alpha value is -0.370. The highest BCUT2D eigenvalue weighted by Gasteiger charge is 2.02. The highest BCUT2D eigenvalue weighted by atomic mass is 32.1. The number of halogens is 1. The molecular weight excluding hydrogens is 195 g/mol. The van der Waals surface area contributed by atoms with Crippen LogP contribution >= 0.6 is 11.3 Å². The van der Waals surface area contributed by atoms with E-state index < -0.39 is 0 Å². The molecule has 0 aromatic carbocycles. The standard InChI is InChI=1S/C12H18FS/c1-2-3-4-5-6-7-8-11-9-14-10-12(11)13/h9H,2-8H2,1H3. The molecule has 0 spiro atoms. The van der Waals surface area contributed by atoms with Crippen molar-refractivity contribution in [2.75, 3.05) is 0 Å². The summed E-state index contributed by atoms with van der Waals surface area (Å²) < 4.78 is 12.9. The maximum Gasteiger partial charge on any atom is 0.145 e. The molecule has 0 saturated heterocycles. The molecule has 0 saturated carbocycles. The number of thiophene rings is 1. The van der Waals surface area contributed by atoms with E-state index in [2.05, 4.69) is 12.3 Å². The van der Waals surface area contributed by atoms with Crippen LogP contribution < -0.4 is 0 Å². The third-order valence-corrected chi connectivity index (χ3v) is 3.13. The van der Waals surface area contributed by atoms with Gasteiger partial charge < -0.3 is 0 Å². The molecule has 0 aliphatic heterocycles. The van der Waals surface area contributed by atoms with Gasteiger partial charge >= 0.3 is 0 Å². The van der Waals surface area contributed by atoms with Crippen molar-refractivity contribution in [3.63, 3.8) is 0 Å². The third-order valence-electron chi connectivity index (χ3n) is 2.43. The topological polar surface area (TPSA) is 0 Å². The van der Waals surface area contributed by atoms with Crippen LogP contribution in [0, 0.1) is 11.2 Å². The van der Waals surface area contributed by atoms with Gasteiger partial charge in [-0.1, -0.05) is 39.0 Å². The van der Waals surface area contributed by atoms with Gasteiger partial charge in [-0.3, -0.25) is 0 Å². The van der Waals surface area contributed by atoms with E-state index in [4.69, 9.17) is 0 Å². The summed E-state index contributed by atoms with van der Waals surface area (Å²) in [6.07, 6.45) is 8.48. The van der Waals surface area contributed by atoms with Gasteiger partial charge in [0.15, 0.2) is 0 Å².